The van der Waals surface area contributed by atoms with Crippen molar-refractivity contribution in [2.24, 2.45) is 4.99 Å². The van der Waals surface area contributed by atoms with E-state index in [0.717, 1.165) is 16.8 Å². The van der Waals surface area contributed by atoms with Crippen LogP contribution in [-0.2, 0) is 4.79 Å². The molecule has 1 aromatic heterocycles. The molecule has 20 heavy (non-hydrogen) atoms. The summed E-state index contributed by atoms with van der Waals surface area (Å²) in [5, 5.41) is 7.42. The van der Waals surface area contributed by atoms with Gasteiger partial charge in [-0.05, 0) is 64.8 Å². The van der Waals surface area contributed by atoms with Crippen LogP contribution in [0.2, 0.25) is 0 Å². The fourth-order valence-corrected chi connectivity index (χ4v) is 3.26. The Balaban J connectivity index is 1.83. The number of hydrogen-bond acceptors (Lipinski definition) is 4. The van der Waals surface area contributed by atoms with Crippen LogP contribution in [0.15, 0.2) is 51.0 Å². The van der Waals surface area contributed by atoms with Crippen LogP contribution >= 0.6 is 23.1 Å². The van der Waals surface area contributed by atoms with E-state index in [1.54, 1.807) is 11.3 Å². The highest BCUT2D eigenvalue weighted by molar-refractivity contribution is 8.18. The number of benzene rings is 1. The Bertz CT molecular complexity index is 702. The van der Waals surface area contributed by atoms with Gasteiger partial charge in [0.05, 0.1) is 10.6 Å². The maximum absolute atomic E-state index is 11.9. The minimum atomic E-state index is -0.0902. The molecule has 1 N–H and O–H groups in total. The molecule has 2 heterocycles. The van der Waals surface area contributed by atoms with E-state index >= 15 is 0 Å². The van der Waals surface area contributed by atoms with E-state index in [0.29, 0.717) is 10.1 Å². The molecule has 0 bridgehead atoms. The maximum Gasteiger partial charge on any atom is 0.264 e. The number of aliphatic imine (C=N–C) groups is 1. The number of nitrogens with one attached hydrogen (secondary N) is 1. The van der Waals surface area contributed by atoms with E-state index in [2.05, 4.69) is 10.3 Å². The number of amides is 1. The topological polar surface area (TPSA) is 41.5 Å². The van der Waals surface area contributed by atoms with Gasteiger partial charge in [0.15, 0.2) is 5.17 Å². The molecule has 0 unspecified atom stereocenters. The van der Waals surface area contributed by atoms with E-state index < -0.39 is 0 Å². The van der Waals surface area contributed by atoms with Gasteiger partial charge >= 0.3 is 0 Å². The normalized spacial score (nSPS) is 18.8. The van der Waals surface area contributed by atoms with Crippen molar-refractivity contribution in [3.63, 3.8) is 0 Å². The number of rotatable bonds is 2. The zero-order chi connectivity index (χ0) is 13.9. The van der Waals surface area contributed by atoms with E-state index in [-0.39, 0.29) is 5.91 Å². The highest BCUT2D eigenvalue weighted by atomic mass is 32.2. The van der Waals surface area contributed by atoms with Crippen LogP contribution in [0.25, 0.3) is 6.08 Å². The van der Waals surface area contributed by atoms with Crippen LogP contribution in [0.1, 0.15) is 11.1 Å². The van der Waals surface area contributed by atoms with Gasteiger partial charge in [0, 0.05) is 0 Å². The third-order valence-electron chi connectivity index (χ3n) is 2.72. The monoisotopic (exact) mass is 300 g/mol. The first-order valence-corrected chi connectivity index (χ1v) is 7.85. The average molecular weight is 300 g/mol. The quantitative estimate of drug-likeness (QED) is 0.853. The molecule has 100 valence electrons. The highest BCUT2D eigenvalue weighted by Crippen LogP contribution is 2.28. The molecule has 1 fully saturated rings. The van der Waals surface area contributed by atoms with Gasteiger partial charge in [-0.3, -0.25) is 4.79 Å². The van der Waals surface area contributed by atoms with Gasteiger partial charge in [-0.1, -0.05) is 12.1 Å². The lowest BCUT2D eigenvalue weighted by atomic mass is 10.2. The molecule has 5 heteroatoms. The van der Waals surface area contributed by atoms with Gasteiger partial charge in [-0.15, -0.1) is 0 Å². The van der Waals surface area contributed by atoms with Crippen molar-refractivity contribution >= 4 is 45.9 Å². The van der Waals surface area contributed by atoms with Gasteiger partial charge in [-0.25, -0.2) is 4.99 Å². The molecular weight excluding hydrogens is 288 g/mol. The summed E-state index contributed by atoms with van der Waals surface area (Å²) in [7, 11) is 0. The smallest absolute Gasteiger partial charge is 0.264 e. The number of carbonyl (C=O) groups excluding carboxylic acids is 1. The SMILES string of the molecule is Cc1cccc(N=C2NC(=O)/C(=C/c3ccsc3)S2)c1. The second-order valence-electron chi connectivity index (χ2n) is 4.38. The van der Waals surface area contributed by atoms with Crippen LogP contribution in [0, 0.1) is 6.92 Å². The second kappa shape index (κ2) is 5.64. The zero-order valence-corrected chi connectivity index (χ0v) is 12.4. The van der Waals surface area contributed by atoms with E-state index in [1.165, 1.54) is 11.8 Å². The van der Waals surface area contributed by atoms with Crippen LogP contribution in [-0.4, -0.2) is 11.1 Å². The Kier molecular flexibility index (Phi) is 3.71. The Morgan fingerprint density at radius 1 is 1.30 bits per heavy atom. The molecule has 1 aromatic carbocycles. The number of thioether (sulfide) groups is 1. The molecule has 3 nitrogen and oxygen atoms in total. The van der Waals surface area contributed by atoms with Crippen molar-refractivity contribution in [2.45, 2.75) is 6.92 Å². The van der Waals surface area contributed by atoms with Crippen LogP contribution in [0.4, 0.5) is 5.69 Å². The lowest BCUT2D eigenvalue weighted by Gasteiger charge is -1.97. The molecule has 0 aliphatic carbocycles. The van der Waals surface area contributed by atoms with Crippen molar-refractivity contribution in [2.75, 3.05) is 0 Å². The van der Waals surface area contributed by atoms with Crippen LogP contribution in [0.3, 0.4) is 0 Å². The van der Waals surface area contributed by atoms with Gasteiger partial charge in [0.25, 0.3) is 5.91 Å². The summed E-state index contributed by atoms with van der Waals surface area (Å²) in [4.78, 5) is 17.0. The number of hydrogen-bond donors (Lipinski definition) is 1. The largest absolute Gasteiger partial charge is 0.300 e. The molecular formula is C15H12N2OS2. The Hall–Kier alpha value is -1.85. The van der Waals surface area contributed by atoms with Crippen molar-refractivity contribution in [3.05, 3.63) is 57.1 Å². The molecule has 0 spiro atoms. The Morgan fingerprint density at radius 2 is 2.20 bits per heavy atom. The van der Waals surface area contributed by atoms with E-state index in [4.69, 9.17) is 0 Å². The molecule has 1 amide bonds. The number of amidine groups is 1. The third kappa shape index (κ3) is 3.00. The summed E-state index contributed by atoms with van der Waals surface area (Å²) >= 11 is 2.99. The highest BCUT2D eigenvalue weighted by Gasteiger charge is 2.23. The summed E-state index contributed by atoms with van der Waals surface area (Å²) in [5.41, 5.74) is 3.05. The molecule has 1 saturated heterocycles. The minimum Gasteiger partial charge on any atom is -0.300 e. The number of thiophene rings is 1. The maximum atomic E-state index is 11.9. The molecule has 0 saturated carbocycles. The summed E-state index contributed by atoms with van der Waals surface area (Å²) < 4.78 is 0. The van der Waals surface area contributed by atoms with Gasteiger partial charge < -0.3 is 5.32 Å². The van der Waals surface area contributed by atoms with Crippen LogP contribution < -0.4 is 5.32 Å². The van der Waals surface area contributed by atoms with Gasteiger partial charge in [-0.2, -0.15) is 11.3 Å². The third-order valence-corrected chi connectivity index (χ3v) is 4.34. The summed E-state index contributed by atoms with van der Waals surface area (Å²) in [6.45, 7) is 2.02. The summed E-state index contributed by atoms with van der Waals surface area (Å²) in [6.07, 6.45) is 1.88. The molecule has 0 radical (unpaired) electrons. The summed E-state index contributed by atoms with van der Waals surface area (Å²) in [5.74, 6) is -0.0902. The first kappa shape index (κ1) is 13.1. The number of nitrogens with zero attached hydrogens (tertiary/aromatic N) is 1. The summed E-state index contributed by atoms with van der Waals surface area (Å²) in [6, 6.07) is 9.87. The Labute approximate surface area is 125 Å². The van der Waals surface area contributed by atoms with Crippen molar-refractivity contribution in [3.8, 4) is 0 Å². The van der Waals surface area contributed by atoms with E-state index in [9.17, 15) is 4.79 Å². The number of aryl methyl sites for hydroxylation is 1. The first-order valence-electron chi connectivity index (χ1n) is 6.09. The fourth-order valence-electron chi connectivity index (χ4n) is 1.80. The van der Waals surface area contributed by atoms with Gasteiger partial charge in [0.2, 0.25) is 0 Å². The van der Waals surface area contributed by atoms with Crippen molar-refractivity contribution < 1.29 is 4.79 Å². The molecule has 0 atom stereocenters. The first-order chi connectivity index (χ1) is 9.70. The molecule has 1 aliphatic heterocycles. The number of carbonyl (C=O) groups is 1. The fraction of sp³-hybridized carbons (Fsp3) is 0.0667. The van der Waals surface area contributed by atoms with Crippen molar-refractivity contribution in [1.29, 1.82) is 0 Å². The predicted molar refractivity (Wildman–Crippen MR) is 86.3 cm³/mol. The minimum absolute atomic E-state index is 0.0902. The molecule has 1 aliphatic rings. The lowest BCUT2D eigenvalue weighted by Crippen LogP contribution is -2.19. The Morgan fingerprint density at radius 3 is 2.95 bits per heavy atom. The average Bonchev–Trinajstić information content (AvgIpc) is 3.01. The lowest BCUT2D eigenvalue weighted by molar-refractivity contribution is -0.115. The predicted octanol–water partition coefficient (Wildman–Crippen LogP) is 3.95. The zero-order valence-electron chi connectivity index (χ0n) is 10.8. The van der Waals surface area contributed by atoms with Gasteiger partial charge in [0.1, 0.15) is 0 Å². The standard InChI is InChI=1S/C15H12N2OS2/c1-10-3-2-4-12(7-10)16-15-17-14(18)13(20-15)8-11-5-6-19-9-11/h2-9H,1H3,(H,16,17,18)/b13-8-. The molecule has 3 rings (SSSR count). The van der Waals surface area contributed by atoms with Crippen molar-refractivity contribution in [1.82, 2.24) is 5.32 Å². The van der Waals surface area contributed by atoms with E-state index in [1.807, 2.05) is 54.1 Å². The molecule has 2 aromatic rings. The van der Waals surface area contributed by atoms with Crippen LogP contribution in [0.5, 0.6) is 0 Å². The second-order valence-corrected chi connectivity index (χ2v) is 6.19.